The molecule has 0 amide bonds. The molecule has 0 fully saturated rings. The first-order valence-corrected chi connectivity index (χ1v) is 13.2. The van der Waals surface area contributed by atoms with Gasteiger partial charge in [-0.05, 0) is 16.7 Å². The van der Waals surface area contributed by atoms with Crippen LogP contribution in [0.25, 0.3) is 11.0 Å². The lowest BCUT2D eigenvalue weighted by molar-refractivity contribution is 0.376. The van der Waals surface area contributed by atoms with E-state index in [0.29, 0.717) is 0 Å². The van der Waals surface area contributed by atoms with Gasteiger partial charge in [-0.3, -0.25) is 0 Å². The smallest absolute Gasteiger partial charge is 0.200 e. The van der Waals surface area contributed by atoms with Crippen LogP contribution in [-0.4, -0.2) is 6.71 Å². The fourth-order valence-electron chi connectivity index (χ4n) is 5.53. The minimum atomic E-state index is -5.07. The molecular weight excluding hydrogens is 680 g/mol. The van der Waals surface area contributed by atoms with Crippen LogP contribution in [0.1, 0.15) is 16.7 Å². The SMILES string of the molecule is Fc1c(F)c(F)c([BH-](C(=C(c2ccccc2)c2ccccc2)c2c(F)c(F)c(F)c(F)c2F)c2c(F)c(F)c(F)c(F)c2F)c(F)c1F. The van der Waals surface area contributed by atoms with Gasteiger partial charge in [0.25, 0.3) is 0 Å². The number of benzene rings is 5. The summed E-state index contributed by atoms with van der Waals surface area (Å²) in [6.45, 7) is -5.07. The zero-order valence-electron chi connectivity index (χ0n) is 23.2. The van der Waals surface area contributed by atoms with E-state index in [2.05, 4.69) is 0 Å². The van der Waals surface area contributed by atoms with Gasteiger partial charge in [0, 0.05) is 5.56 Å². The van der Waals surface area contributed by atoms with Crippen molar-refractivity contribution >= 4 is 28.7 Å². The molecule has 0 nitrogen and oxygen atoms in total. The Hall–Kier alpha value is -5.15. The number of hydrogen-bond donors (Lipinski definition) is 0. The van der Waals surface area contributed by atoms with Crippen molar-refractivity contribution in [3.63, 3.8) is 0 Å². The second-order valence-electron chi connectivity index (χ2n) is 10.2. The standard InChI is InChI=1S/C32H11BF15/c34-18-14(19(35)25(41)30(46)24(18)40)15(13(11-7-3-1-4-8-11)12-9-5-2-6-10-12)33(16-20(36)26(42)31(47)27(43)21(16)37)17-22(38)28(44)32(48)29(45)23(17)39/h1-10,33H/q-1. The van der Waals surface area contributed by atoms with Crippen molar-refractivity contribution in [2.75, 3.05) is 0 Å². The molecular formula is C32H11BF15-. The van der Waals surface area contributed by atoms with Crippen LogP contribution in [0.15, 0.2) is 60.7 Å². The van der Waals surface area contributed by atoms with Crippen molar-refractivity contribution in [1.29, 1.82) is 0 Å². The zero-order valence-corrected chi connectivity index (χ0v) is 23.2. The summed E-state index contributed by atoms with van der Waals surface area (Å²) >= 11 is 0. The number of hydrogen-bond acceptors (Lipinski definition) is 0. The molecule has 0 spiro atoms. The van der Waals surface area contributed by atoms with Crippen molar-refractivity contribution in [2.45, 2.75) is 0 Å². The van der Waals surface area contributed by atoms with E-state index < -0.39 is 133 Å². The predicted octanol–water partition coefficient (Wildman–Crippen LogP) is 8.31. The molecule has 5 rings (SSSR count). The molecule has 0 bridgehead atoms. The molecule has 0 saturated carbocycles. The maximum atomic E-state index is 15.8. The molecule has 0 N–H and O–H groups in total. The van der Waals surface area contributed by atoms with Crippen LogP contribution < -0.4 is 10.9 Å². The maximum absolute atomic E-state index is 15.8. The third-order valence-corrected chi connectivity index (χ3v) is 7.60. The molecule has 0 saturated heterocycles. The van der Waals surface area contributed by atoms with E-state index in [9.17, 15) is 39.5 Å². The first kappa shape index (κ1) is 34.2. The highest BCUT2D eigenvalue weighted by Gasteiger charge is 2.38. The Bertz CT molecular complexity index is 1930. The van der Waals surface area contributed by atoms with E-state index in [1.54, 1.807) is 0 Å². The summed E-state index contributed by atoms with van der Waals surface area (Å²) < 4.78 is 225. The Morgan fingerprint density at radius 3 is 0.854 bits per heavy atom. The van der Waals surface area contributed by atoms with Gasteiger partial charge in [0.05, 0.1) is 6.71 Å². The Morgan fingerprint density at radius 1 is 0.312 bits per heavy atom. The summed E-state index contributed by atoms with van der Waals surface area (Å²) in [5.41, 5.74) is -10.5. The van der Waals surface area contributed by atoms with Crippen LogP contribution in [0.2, 0.25) is 0 Å². The van der Waals surface area contributed by atoms with Crippen LogP contribution in [0.3, 0.4) is 0 Å². The van der Waals surface area contributed by atoms with Gasteiger partial charge in [0.1, 0.15) is 23.3 Å². The molecule has 0 unspecified atom stereocenters. The molecule has 5 aromatic carbocycles. The molecule has 0 radical (unpaired) electrons. The Balaban J connectivity index is 2.22. The molecule has 248 valence electrons. The minimum absolute atomic E-state index is 0.409. The van der Waals surface area contributed by atoms with Gasteiger partial charge in [0.15, 0.2) is 58.2 Å². The summed E-state index contributed by atoms with van der Waals surface area (Å²) in [5, 5.41) is 0. The lowest BCUT2D eigenvalue weighted by Crippen LogP contribution is -2.52. The number of halogens is 15. The van der Waals surface area contributed by atoms with E-state index in [-0.39, 0.29) is 0 Å². The van der Waals surface area contributed by atoms with Crippen molar-refractivity contribution in [3.8, 4) is 0 Å². The average Bonchev–Trinajstić information content (AvgIpc) is 3.09. The molecule has 0 aliphatic carbocycles. The molecule has 0 heterocycles. The van der Waals surface area contributed by atoms with Crippen LogP contribution in [0, 0.1) is 87.3 Å². The van der Waals surface area contributed by atoms with Gasteiger partial charge in [-0.25, -0.2) is 65.9 Å². The largest absolute Gasteiger partial charge is 0.207 e. The highest BCUT2D eigenvalue weighted by molar-refractivity contribution is 7.01. The topological polar surface area (TPSA) is 0 Å². The molecule has 0 aromatic heterocycles. The first-order valence-electron chi connectivity index (χ1n) is 13.2. The van der Waals surface area contributed by atoms with Gasteiger partial charge in [-0.1, -0.05) is 60.7 Å². The fourth-order valence-corrected chi connectivity index (χ4v) is 5.53. The molecule has 16 heteroatoms. The third kappa shape index (κ3) is 5.28. The monoisotopic (exact) mass is 691 g/mol. The summed E-state index contributed by atoms with van der Waals surface area (Å²) in [6.07, 6.45) is 0. The Kier molecular flexibility index (Phi) is 9.12. The quantitative estimate of drug-likeness (QED) is 0.0553. The van der Waals surface area contributed by atoms with Gasteiger partial charge in [-0.2, -0.15) is 5.47 Å². The lowest BCUT2D eigenvalue weighted by atomic mass is 9.33. The van der Waals surface area contributed by atoms with Gasteiger partial charge in [0.2, 0.25) is 5.82 Å². The molecule has 0 aliphatic heterocycles. The first-order chi connectivity index (χ1) is 22.6. The summed E-state index contributed by atoms with van der Waals surface area (Å²) in [4.78, 5) is 0. The normalized spacial score (nSPS) is 11.4. The van der Waals surface area contributed by atoms with Crippen LogP contribution in [0.4, 0.5) is 65.9 Å². The van der Waals surface area contributed by atoms with Crippen LogP contribution in [-0.2, 0) is 0 Å². The highest BCUT2D eigenvalue weighted by atomic mass is 19.2. The van der Waals surface area contributed by atoms with E-state index >= 15 is 26.3 Å². The van der Waals surface area contributed by atoms with E-state index in [1.807, 2.05) is 0 Å². The summed E-state index contributed by atoms with van der Waals surface area (Å²) in [6, 6.07) is 11.4. The molecule has 0 atom stereocenters. The average molecular weight is 691 g/mol. The second kappa shape index (κ2) is 12.8. The van der Waals surface area contributed by atoms with Gasteiger partial charge < -0.3 is 0 Å². The van der Waals surface area contributed by atoms with Crippen molar-refractivity contribution in [1.82, 2.24) is 0 Å². The van der Waals surface area contributed by atoms with Crippen molar-refractivity contribution < 1.29 is 65.9 Å². The summed E-state index contributed by atoms with van der Waals surface area (Å²) in [5.74, 6) is -43.1. The highest BCUT2D eigenvalue weighted by Crippen LogP contribution is 2.39. The fraction of sp³-hybridized carbons (Fsp3) is 0. The van der Waals surface area contributed by atoms with E-state index in [1.165, 1.54) is 36.4 Å². The second-order valence-corrected chi connectivity index (χ2v) is 10.2. The van der Waals surface area contributed by atoms with E-state index in [4.69, 9.17) is 0 Å². The predicted molar refractivity (Wildman–Crippen MR) is 144 cm³/mol. The lowest BCUT2D eigenvalue weighted by Gasteiger charge is -2.35. The van der Waals surface area contributed by atoms with Crippen molar-refractivity contribution in [3.05, 3.63) is 165 Å². The van der Waals surface area contributed by atoms with Crippen molar-refractivity contribution in [2.24, 2.45) is 0 Å². The molecule has 5 aromatic rings. The van der Waals surface area contributed by atoms with Gasteiger partial charge >= 0.3 is 0 Å². The molecule has 48 heavy (non-hydrogen) atoms. The van der Waals surface area contributed by atoms with Crippen LogP contribution >= 0.6 is 0 Å². The summed E-state index contributed by atoms with van der Waals surface area (Å²) in [7, 11) is 0. The molecule has 0 aliphatic rings. The zero-order chi connectivity index (χ0) is 35.4. The maximum Gasteiger partial charge on any atom is 0.200 e. The Labute approximate surface area is 259 Å². The Morgan fingerprint density at radius 2 is 0.562 bits per heavy atom. The van der Waals surface area contributed by atoms with Gasteiger partial charge in [-0.15, -0.1) is 10.9 Å². The van der Waals surface area contributed by atoms with E-state index in [0.717, 1.165) is 24.3 Å². The third-order valence-electron chi connectivity index (χ3n) is 7.60. The van der Waals surface area contributed by atoms with Crippen LogP contribution in [0.5, 0.6) is 0 Å². The number of rotatable bonds is 6. The minimum Gasteiger partial charge on any atom is -0.207 e.